The molecular formula is C25H21ClF4N2O. The molecule has 33 heavy (non-hydrogen) atoms. The number of benzene rings is 3. The quantitative estimate of drug-likeness (QED) is 0.304. The lowest BCUT2D eigenvalue weighted by Crippen LogP contribution is -2.11. The van der Waals surface area contributed by atoms with Crippen molar-refractivity contribution in [1.82, 2.24) is 9.97 Å². The number of alkyl halides is 3. The Morgan fingerprint density at radius 1 is 0.970 bits per heavy atom. The van der Waals surface area contributed by atoms with Gasteiger partial charge < -0.3 is 9.72 Å². The van der Waals surface area contributed by atoms with E-state index in [0.717, 1.165) is 28.7 Å². The molecule has 1 heterocycles. The second kappa shape index (κ2) is 8.37. The fourth-order valence-electron chi connectivity index (χ4n) is 3.49. The maximum Gasteiger partial charge on any atom is 0.416 e. The van der Waals surface area contributed by atoms with Gasteiger partial charge in [0.2, 0.25) is 0 Å². The van der Waals surface area contributed by atoms with Gasteiger partial charge in [0.05, 0.1) is 21.6 Å². The van der Waals surface area contributed by atoms with Crippen molar-refractivity contribution < 1.29 is 22.3 Å². The van der Waals surface area contributed by atoms with E-state index in [1.807, 2.05) is 18.2 Å². The third-order valence-corrected chi connectivity index (χ3v) is 5.62. The molecule has 0 aliphatic carbocycles. The van der Waals surface area contributed by atoms with Crippen LogP contribution in [0.5, 0.6) is 5.75 Å². The molecule has 3 aromatic carbocycles. The summed E-state index contributed by atoms with van der Waals surface area (Å²) in [4.78, 5) is 7.87. The predicted molar refractivity (Wildman–Crippen MR) is 121 cm³/mol. The Bertz CT molecular complexity index is 1320. The highest BCUT2D eigenvalue weighted by molar-refractivity contribution is 6.32. The maximum atomic E-state index is 13.6. The third-order valence-electron chi connectivity index (χ3n) is 5.31. The Kier molecular flexibility index (Phi) is 5.86. The largest absolute Gasteiger partial charge is 0.487 e. The van der Waals surface area contributed by atoms with E-state index in [4.69, 9.17) is 16.3 Å². The van der Waals surface area contributed by atoms with Gasteiger partial charge in [-0.2, -0.15) is 13.2 Å². The second-order valence-corrected chi connectivity index (χ2v) is 9.21. The van der Waals surface area contributed by atoms with Crippen LogP contribution < -0.4 is 4.74 Å². The van der Waals surface area contributed by atoms with Crippen molar-refractivity contribution in [2.75, 3.05) is 0 Å². The first-order chi connectivity index (χ1) is 15.4. The highest BCUT2D eigenvalue weighted by Gasteiger charge is 2.33. The molecule has 172 valence electrons. The number of fused-ring (bicyclic) bond motifs is 1. The number of hydrogen-bond acceptors (Lipinski definition) is 2. The Hall–Kier alpha value is -3.06. The van der Waals surface area contributed by atoms with Gasteiger partial charge in [-0.1, -0.05) is 38.4 Å². The molecular weight excluding hydrogens is 456 g/mol. The van der Waals surface area contributed by atoms with Crippen LogP contribution in [0.2, 0.25) is 5.02 Å². The predicted octanol–water partition coefficient (Wildman–Crippen LogP) is 7.92. The molecule has 0 saturated carbocycles. The summed E-state index contributed by atoms with van der Waals surface area (Å²) in [5.74, 6) is -0.0416. The number of ether oxygens (including phenoxy) is 1. The minimum atomic E-state index is -4.63. The minimum absolute atomic E-state index is 0.0209. The van der Waals surface area contributed by atoms with Gasteiger partial charge in [0.25, 0.3) is 0 Å². The van der Waals surface area contributed by atoms with E-state index in [-0.39, 0.29) is 21.8 Å². The summed E-state index contributed by atoms with van der Waals surface area (Å²) in [6.45, 7) is 5.87. The number of imidazole rings is 1. The van der Waals surface area contributed by atoms with Crippen LogP contribution in [0, 0.1) is 5.82 Å². The summed E-state index contributed by atoms with van der Waals surface area (Å²) in [5, 5.41) is 0.217. The summed E-state index contributed by atoms with van der Waals surface area (Å²) < 4.78 is 58.9. The Balaban J connectivity index is 1.64. The van der Waals surface area contributed by atoms with Crippen LogP contribution in [0.25, 0.3) is 22.4 Å². The van der Waals surface area contributed by atoms with E-state index < -0.39 is 24.2 Å². The standard InChI is InChI=1S/C25H21ClF4N2O/c1-24(2,3)16-5-9-20-21(12-16)32-23(31-20)14-4-8-19(26)22(11-14)33-13-15-10-17(27)6-7-18(15)25(28,29)30/h4-12H,13H2,1-3H3,(H,31,32). The molecule has 1 N–H and O–H groups in total. The van der Waals surface area contributed by atoms with E-state index in [0.29, 0.717) is 17.5 Å². The zero-order chi connectivity index (χ0) is 24.0. The number of aromatic nitrogens is 2. The Labute approximate surface area is 193 Å². The lowest BCUT2D eigenvalue weighted by Gasteiger charge is -2.18. The lowest BCUT2D eigenvalue weighted by atomic mass is 9.87. The fraction of sp³-hybridized carbons (Fsp3) is 0.240. The topological polar surface area (TPSA) is 37.9 Å². The lowest BCUT2D eigenvalue weighted by molar-refractivity contribution is -0.138. The van der Waals surface area contributed by atoms with Crippen LogP contribution >= 0.6 is 11.6 Å². The first-order valence-electron chi connectivity index (χ1n) is 10.2. The number of halogens is 5. The third kappa shape index (κ3) is 4.98. The number of nitrogens with zero attached hydrogens (tertiary/aromatic N) is 1. The second-order valence-electron chi connectivity index (χ2n) is 8.80. The molecule has 4 aromatic rings. The van der Waals surface area contributed by atoms with Crippen LogP contribution in [0.1, 0.15) is 37.5 Å². The highest BCUT2D eigenvalue weighted by Crippen LogP contribution is 2.35. The Morgan fingerprint density at radius 3 is 2.42 bits per heavy atom. The van der Waals surface area contributed by atoms with Gasteiger partial charge in [0.15, 0.2) is 0 Å². The number of rotatable bonds is 4. The Morgan fingerprint density at radius 2 is 1.73 bits per heavy atom. The summed E-state index contributed by atoms with van der Waals surface area (Å²) in [6.07, 6.45) is -4.63. The van der Waals surface area contributed by atoms with E-state index >= 15 is 0 Å². The minimum Gasteiger partial charge on any atom is -0.487 e. The van der Waals surface area contributed by atoms with Gasteiger partial charge in [-0.15, -0.1) is 0 Å². The summed E-state index contributed by atoms with van der Waals surface area (Å²) in [5.41, 5.74) is 2.16. The summed E-state index contributed by atoms with van der Waals surface area (Å²) >= 11 is 6.21. The first kappa shape index (κ1) is 23.1. The van der Waals surface area contributed by atoms with Crippen LogP contribution in [-0.4, -0.2) is 9.97 Å². The zero-order valence-electron chi connectivity index (χ0n) is 18.1. The molecule has 0 amide bonds. The maximum absolute atomic E-state index is 13.6. The summed E-state index contributed by atoms with van der Waals surface area (Å²) in [6, 6.07) is 13.2. The van der Waals surface area contributed by atoms with E-state index in [1.54, 1.807) is 18.2 Å². The molecule has 0 bridgehead atoms. The molecule has 0 spiro atoms. The van der Waals surface area contributed by atoms with Crippen LogP contribution in [0.15, 0.2) is 54.6 Å². The molecule has 0 unspecified atom stereocenters. The van der Waals surface area contributed by atoms with Crippen molar-refractivity contribution >= 4 is 22.6 Å². The number of H-pyrrole nitrogens is 1. The van der Waals surface area contributed by atoms with Gasteiger partial charge in [-0.05, 0) is 59.5 Å². The van der Waals surface area contributed by atoms with E-state index in [9.17, 15) is 17.6 Å². The van der Waals surface area contributed by atoms with Crippen molar-refractivity contribution in [3.63, 3.8) is 0 Å². The molecule has 0 radical (unpaired) electrons. The average molecular weight is 477 g/mol. The van der Waals surface area contributed by atoms with Crippen molar-refractivity contribution in [3.05, 3.63) is 82.1 Å². The molecule has 0 aliphatic rings. The van der Waals surface area contributed by atoms with Crippen LogP contribution in [0.3, 0.4) is 0 Å². The van der Waals surface area contributed by atoms with Crippen molar-refractivity contribution in [1.29, 1.82) is 0 Å². The van der Waals surface area contributed by atoms with Crippen LogP contribution in [0.4, 0.5) is 17.6 Å². The smallest absolute Gasteiger partial charge is 0.416 e. The molecule has 0 saturated heterocycles. The monoisotopic (exact) mass is 476 g/mol. The molecule has 0 atom stereocenters. The van der Waals surface area contributed by atoms with Gasteiger partial charge in [-0.25, -0.2) is 9.37 Å². The van der Waals surface area contributed by atoms with Crippen molar-refractivity contribution in [3.8, 4) is 17.1 Å². The van der Waals surface area contributed by atoms with Gasteiger partial charge in [-0.3, -0.25) is 0 Å². The molecule has 1 aromatic heterocycles. The summed E-state index contributed by atoms with van der Waals surface area (Å²) in [7, 11) is 0. The van der Waals surface area contributed by atoms with Crippen molar-refractivity contribution in [2.24, 2.45) is 0 Å². The molecule has 8 heteroatoms. The number of nitrogens with one attached hydrogen (secondary N) is 1. The number of aromatic amines is 1. The molecule has 4 rings (SSSR count). The zero-order valence-corrected chi connectivity index (χ0v) is 18.9. The van der Waals surface area contributed by atoms with Gasteiger partial charge in [0, 0.05) is 11.1 Å². The van der Waals surface area contributed by atoms with Crippen LogP contribution in [-0.2, 0) is 18.2 Å². The highest BCUT2D eigenvalue weighted by atomic mass is 35.5. The SMILES string of the molecule is CC(C)(C)c1ccc2nc(-c3ccc(Cl)c(OCc4cc(F)ccc4C(F)(F)F)c3)[nH]c2c1. The van der Waals surface area contributed by atoms with E-state index in [1.165, 1.54) is 0 Å². The molecule has 0 aliphatic heterocycles. The number of hydrogen-bond donors (Lipinski definition) is 1. The van der Waals surface area contributed by atoms with E-state index in [2.05, 4.69) is 30.7 Å². The molecule has 3 nitrogen and oxygen atoms in total. The van der Waals surface area contributed by atoms with Gasteiger partial charge in [0.1, 0.15) is 24.0 Å². The molecule has 0 fully saturated rings. The normalized spacial score (nSPS) is 12.4. The van der Waals surface area contributed by atoms with Crippen molar-refractivity contribution in [2.45, 2.75) is 39.0 Å². The van der Waals surface area contributed by atoms with Gasteiger partial charge >= 0.3 is 6.18 Å². The fourth-order valence-corrected chi connectivity index (χ4v) is 3.66. The first-order valence-corrected chi connectivity index (χ1v) is 10.6. The average Bonchev–Trinajstić information content (AvgIpc) is 3.15.